The molecular formula is C12H11FN2S. The first-order valence-corrected chi connectivity index (χ1v) is 5.67. The molecule has 4 heteroatoms. The van der Waals surface area contributed by atoms with Gasteiger partial charge in [0.15, 0.2) is 0 Å². The molecule has 0 fully saturated rings. The minimum Gasteiger partial charge on any atom is -0.326 e. The van der Waals surface area contributed by atoms with Crippen molar-refractivity contribution in [2.24, 2.45) is 5.73 Å². The first kappa shape index (κ1) is 11.1. The van der Waals surface area contributed by atoms with Gasteiger partial charge >= 0.3 is 0 Å². The van der Waals surface area contributed by atoms with E-state index in [1.165, 1.54) is 12.1 Å². The largest absolute Gasteiger partial charge is 0.326 e. The molecular weight excluding hydrogens is 223 g/mol. The van der Waals surface area contributed by atoms with Crippen molar-refractivity contribution in [1.82, 2.24) is 4.98 Å². The SMILES string of the molecule is NCc1cc(F)ccc1Sc1ccncc1. The van der Waals surface area contributed by atoms with Crippen LogP contribution in [-0.2, 0) is 6.54 Å². The van der Waals surface area contributed by atoms with Crippen LogP contribution in [0.5, 0.6) is 0 Å². The molecule has 0 spiro atoms. The molecule has 0 saturated carbocycles. The third-order valence-corrected chi connectivity index (χ3v) is 3.25. The highest BCUT2D eigenvalue weighted by Crippen LogP contribution is 2.30. The van der Waals surface area contributed by atoms with Crippen molar-refractivity contribution in [3.63, 3.8) is 0 Å². The molecule has 0 amide bonds. The third-order valence-electron chi connectivity index (χ3n) is 2.12. The van der Waals surface area contributed by atoms with Crippen LogP contribution in [0.25, 0.3) is 0 Å². The molecule has 16 heavy (non-hydrogen) atoms. The van der Waals surface area contributed by atoms with E-state index in [9.17, 15) is 4.39 Å². The summed E-state index contributed by atoms with van der Waals surface area (Å²) in [6.45, 7) is 0.338. The summed E-state index contributed by atoms with van der Waals surface area (Å²) >= 11 is 1.56. The van der Waals surface area contributed by atoms with Crippen molar-refractivity contribution >= 4 is 11.8 Å². The van der Waals surface area contributed by atoms with Crippen molar-refractivity contribution in [1.29, 1.82) is 0 Å². The zero-order chi connectivity index (χ0) is 11.4. The molecule has 1 aromatic heterocycles. The third kappa shape index (κ3) is 2.59. The van der Waals surface area contributed by atoms with Gasteiger partial charge in [0.05, 0.1) is 0 Å². The fourth-order valence-corrected chi connectivity index (χ4v) is 2.26. The summed E-state index contributed by atoms with van der Waals surface area (Å²) in [7, 11) is 0. The molecule has 1 heterocycles. The van der Waals surface area contributed by atoms with E-state index in [0.29, 0.717) is 6.54 Å². The van der Waals surface area contributed by atoms with Crippen molar-refractivity contribution in [3.8, 4) is 0 Å². The molecule has 2 N–H and O–H groups in total. The van der Waals surface area contributed by atoms with E-state index in [2.05, 4.69) is 4.98 Å². The lowest BCUT2D eigenvalue weighted by Crippen LogP contribution is -1.98. The fourth-order valence-electron chi connectivity index (χ4n) is 1.34. The smallest absolute Gasteiger partial charge is 0.123 e. The highest BCUT2D eigenvalue weighted by atomic mass is 32.2. The average Bonchev–Trinajstić information content (AvgIpc) is 2.33. The zero-order valence-electron chi connectivity index (χ0n) is 8.56. The molecule has 0 saturated heterocycles. The monoisotopic (exact) mass is 234 g/mol. The van der Waals surface area contributed by atoms with E-state index in [4.69, 9.17) is 5.73 Å². The molecule has 0 bridgehead atoms. The molecule has 2 aromatic rings. The van der Waals surface area contributed by atoms with Crippen LogP contribution in [0.2, 0.25) is 0 Å². The maximum atomic E-state index is 13.0. The van der Waals surface area contributed by atoms with E-state index < -0.39 is 0 Å². The van der Waals surface area contributed by atoms with E-state index in [1.54, 1.807) is 30.2 Å². The predicted octanol–water partition coefficient (Wildman–Crippen LogP) is 2.83. The van der Waals surface area contributed by atoms with Gasteiger partial charge in [-0.2, -0.15) is 0 Å². The van der Waals surface area contributed by atoms with E-state index in [-0.39, 0.29) is 5.82 Å². The summed E-state index contributed by atoms with van der Waals surface area (Å²) < 4.78 is 13.0. The molecule has 0 aliphatic carbocycles. The number of rotatable bonds is 3. The van der Waals surface area contributed by atoms with Gasteiger partial charge in [0, 0.05) is 28.7 Å². The Morgan fingerprint density at radius 1 is 1.19 bits per heavy atom. The minimum atomic E-state index is -0.250. The maximum absolute atomic E-state index is 13.0. The first-order chi connectivity index (χ1) is 7.79. The van der Waals surface area contributed by atoms with E-state index in [1.807, 2.05) is 12.1 Å². The number of nitrogens with zero attached hydrogens (tertiary/aromatic N) is 1. The van der Waals surface area contributed by atoms with E-state index >= 15 is 0 Å². The van der Waals surface area contributed by atoms with Gasteiger partial charge < -0.3 is 5.73 Å². The van der Waals surface area contributed by atoms with Gasteiger partial charge in [-0.15, -0.1) is 0 Å². The van der Waals surface area contributed by atoms with Crippen molar-refractivity contribution in [2.75, 3.05) is 0 Å². The average molecular weight is 234 g/mol. The summed E-state index contributed by atoms with van der Waals surface area (Å²) in [4.78, 5) is 5.99. The van der Waals surface area contributed by atoms with Crippen LogP contribution in [0.15, 0.2) is 52.5 Å². The van der Waals surface area contributed by atoms with Crippen LogP contribution in [0.3, 0.4) is 0 Å². The molecule has 2 rings (SSSR count). The Balaban J connectivity index is 2.28. The molecule has 82 valence electrons. The summed E-state index contributed by atoms with van der Waals surface area (Å²) in [5, 5.41) is 0. The Bertz CT molecular complexity index is 474. The quantitative estimate of drug-likeness (QED) is 0.887. The predicted molar refractivity (Wildman–Crippen MR) is 62.7 cm³/mol. The Hall–Kier alpha value is -1.39. The van der Waals surface area contributed by atoms with Gasteiger partial charge in [-0.3, -0.25) is 4.98 Å². The maximum Gasteiger partial charge on any atom is 0.123 e. The van der Waals surface area contributed by atoms with Crippen LogP contribution in [0.1, 0.15) is 5.56 Å². The van der Waals surface area contributed by atoms with Gasteiger partial charge in [0.25, 0.3) is 0 Å². The second-order valence-electron chi connectivity index (χ2n) is 3.24. The lowest BCUT2D eigenvalue weighted by molar-refractivity contribution is 0.623. The van der Waals surface area contributed by atoms with E-state index in [0.717, 1.165) is 15.4 Å². The van der Waals surface area contributed by atoms with Crippen molar-refractivity contribution in [2.45, 2.75) is 16.3 Å². The van der Waals surface area contributed by atoms with Crippen LogP contribution in [0.4, 0.5) is 4.39 Å². The Morgan fingerprint density at radius 2 is 1.94 bits per heavy atom. The zero-order valence-corrected chi connectivity index (χ0v) is 9.38. The number of halogens is 1. The molecule has 0 unspecified atom stereocenters. The summed E-state index contributed by atoms with van der Waals surface area (Å²) in [6, 6.07) is 8.50. The number of nitrogens with two attached hydrogens (primary N) is 1. The van der Waals surface area contributed by atoms with Crippen molar-refractivity contribution < 1.29 is 4.39 Å². The van der Waals surface area contributed by atoms with Gasteiger partial charge in [0.2, 0.25) is 0 Å². The van der Waals surface area contributed by atoms with Crippen LogP contribution in [-0.4, -0.2) is 4.98 Å². The topological polar surface area (TPSA) is 38.9 Å². The fraction of sp³-hybridized carbons (Fsp3) is 0.0833. The second-order valence-corrected chi connectivity index (χ2v) is 4.36. The molecule has 0 aliphatic rings. The number of aromatic nitrogens is 1. The Kier molecular flexibility index (Phi) is 3.54. The van der Waals surface area contributed by atoms with Crippen LogP contribution >= 0.6 is 11.8 Å². The molecule has 0 radical (unpaired) electrons. The van der Waals surface area contributed by atoms with Crippen molar-refractivity contribution in [3.05, 3.63) is 54.1 Å². The highest BCUT2D eigenvalue weighted by molar-refractivity contribution is 7.99. The number of pyridine rings is 1. The highest BCUT2D eigenvalue weighted by Gasteiger charge is 2.04. The number of hydrogen-bond acceptors (Lipinski definition) is 3. The minimum absolute atomic E-state index is 0.250. The number of hydrogen-bond donors (Lipinski definition) is 1. The lowest BCUT2D eigenvalue weighted by atomic mass is 10.2. The van der Waals surface area contributed by atoms with Gasteiger partial charge in [-0.25, -0.2) is 4.39 Å². The molecule has 1 aromatic carbocycles. The Morgan fingerprint density at radius 3 is 2.62 bits per heavy atom. The first-order valence-electron chi connectivity index (χ1n) is 4.86. The van der Waals surface area contributed by atoms with Crippen LogP contribution in [0, 0.1) is 5.82 Å². The van der Waals surface area contributed by atoms with Gasteiger partial charge in [0.1, 0.15) is 5.82 Å². The van der Waals surface area contributed by atoms with Gasteiger partial charge in [-0.1, -0.05) is 11.8 Å². The summed E-state index contributed by atoms with van der Waals surface area (Å²) in [5.74, 6) is -0.250. The second kappa shape index (κ2) is 5.09. The Labute approximate surface area is 97.7 Å². The summed E-state index contributed by atoms with van der Waals surface area (Å²) in [5.41, 5.74) is 6.40. The number of benzene rings is 1. The molecule has 0 aliphatic heterocycles. The summed E-state index contributed by atoms with van der Waals surface area (Å²) in [6.07, 6.45) is 3.46. The molecule has 2 nitrogen and oxygen atoms in total. The molecule has 0 atom stereocenters. The normalized spacial score (nSPS) is 10.4. The van der Waals surface area contributed by atoms with Gasteiger partial charge in [-0.05, 0) is 35.9 Å². The standard InChI is InChI=1S/C12H11FN2S/c13-10-1-2-12(9(7-10)8-14)16-11-3-5-15-6-4-11/h1-7H,8,14H2. The van der Waals surface area contributed by atoms with Crippen LogP contribution < -0.4 is 5.73 Å². The lowest BCUT2D eigenvalue weighted by Gasteiger charge is -2.07.